The summed E-state index contributed by atoms with van der Waals surface area (Å²) in [5, 5.41) is 14.8. The van der Waals surface area contributed by atoms with Gasteiger partial charge in [-0.1, -0.05) is 30.0 Å². The van der Waals surface area contributed by atoms with Crippen LogP contribution in [0.3, 0.4) is 0 Å². The molecular formula is C29H45N9OS. The number of hydrogen-bond donors (Lipinski definition) is 3. The molecule has 2 aliphatic carbocycles. The van der Waals surface area contributed by atoms with Gasteiger partial charge in [0.2, 0.25) is 17.8 Å². The molecule has 1 atom stereocenters. The zero-order valence-electron chi connectivity index (χ0n) is 24.4. The maximum absolute atomic E-state index is 12.2. The smallest absolute Gasteiger partial charge is 0.234 e. The van der Waals surface area contributed by atoms with Crippen molar-refractivity contribution in [3.63, 3.8) is 0 Å². The van der Waals surface area contributed by atoms with Crippen LogP contribution in [0.1, 0.15) is 70.9 Å². The average Bonchev–Trinajstić information content (AvgIpc) is 3.70. The van der Waals surface area contributed by atoms with Crippen molar-refractivity contribution in [3.05, 3.63) is 34.9 Å². The molecule has 10 nitrogen and oxygen atoms in total. The van der Waals surface area contributed by atoms with Crippen LogP contribution in [0.5, 0.6) is 0 Å². The second-order valence-corrected chi connectivity index (χ2v) is 12.0. The van der Waals surface area contributed by atoms with Crippen molar-refractivity contribution in [2.24, 2.45) is 5.92 Å². The summed E-state index contributed by atoms with van der Waals surface area (Å²) in [7, 11) is 4.14. The summed E-state index contributed by atoms with van der Waals surface area (Å²) < 4.78 is 0. The number of anilines is 3. The van der Waals surface area contributed by atoms with Crippen molar-refractivity contribution in [2.45, 2.75) is 82.8 Å². The Hall–Kier alpha value is -2.92. The summed E-state index contributed by atoms with van der Waals surface area (Å²) in [6, 6.07) is 2.26. The van der Waals surface area contributed by atoms with Crippen LogP contribution in [0.15, 0.2) is 34.4 Å². The first-order chi connectivity index (χ1) is 19.4. The largest absolute Gasteiger partial charge is 0.353 e. The van der Waals surface area contributed by atoms with Crippen molar-refractivity contribution in [3.8, 4) is 0 Å². The van der Waals surface area contributed by atoms with Gasteiger partial charge in [-0.25, -0.2) is 0 Å². The van der Waals surface area contributed by atoms with Crippen molar-refractivity contribution in [2.75, 3.05) is 43.9 Å². The molecule has 4 rings (SSSR count). The van der Waals surface area contributed by atoms with E-state index in [1.165, 1.54) is 4.91 Å². The van der Waals surface area contributed by atoms with E-state index in [0.717, 1.165) is 83.1 Å². The number of aromatic amines is 1. The van der Waals surface area contributed by atoms with Gasteiger partial charge in [0.05, 0.1) is 0 Å². The van der Waals surface area contributed by atoms with Gasteiger partial charge in [-0.3, -0.25) is 9.89 Å². The second kappa shape index (κ2) is 15.2. The van der Waals surface area contributed by atoms with Crippen LogP contribution in [-0.4, -0.2) is 75.7 Å². The number of carbonyl (C=O) groups excluding carboxylic acids is 1. The molecule has 1 saturated carbocycles. The predicted molar refractivity (Wildman–Crippen MR) is 163 cm³/mol. The number of H-pyrrole nitrogens is 1. The van der Waals surface area contributed by atoms with Crippen LogP contribution in [0.25, 0.3) is 0 Å². The average molecular weight is 568 g/mol. The monoisotopic (exact) mass is 567 g/mol. The lowest BCUT2D eigenvalue weighted by Gasteiger charge is -2.24. The molecule has 2 aromatic rings. The van der Waals surface area contributed by atoms with Gasteiger partial charge in [-0.2, -0.15) is 20.1 Å². The number of carbonyl (C=O) groups is 1. The third-order valence-corrected chi connectivity index (χ3v) is 8.14. The Bertz CT molecular complexity index is 1160. The first-order valence-electron chi connectivity index (χ1n) is 14.7. The standard InChI is InChI=1S/C29H45N9OS/c1-5-7-8-9-10-11-23-20-25(36-35-23)31-27-32-28(38(6-2)19-18-37(3)4)34-29(33-27)40-24-16-14-22(15-17-24)30-26(39)21-12-13-21/h5,7,16,20-22H,6,8-15,17-19H2,1-4H3,(H,30,39)(H2,31,32,33,34,35,36). The minimum Gasteiger partial charge on any atom is -0.353 e. The lowest BCUT2D eigenvalue weighted by atomic mass is 10.0. The predicted octanol–water partition coefficient (Wildman–Crippen LogP) is 5.07. The number of likely N-dealkylation sites (N-methyl/N-ethyl adjacent to an activating group) is 2. The maximum Gasteiger partial charge on any atom is 0.234 e. The summed E-state index contributed by atoms with van der Waals surface area (Å²) in [4.78, 5) is 32.1. The molecule has 218 valence electrons. The molecule has 0 aromatic carbocycles. The molecule has 0 radical (unpaired) electrons. The molecule has 1 fully saturated rings. The molecule has 0 aliphatic heterocycles. The molecule has 0 saturated heterocycles. The fraction of sp³-hybridized carbons (Fsp3) is 0.621. The Labute approximate surface area is 242 Å². The highest BCUT2D eigenvalue weighted by atomic mass is 32.2. The summed E-state index contributed by atoms with van der Waals surface area (Å²) in [6.07, 6.45) is 15.6. The lowest BCUT2D eigenvalue weighted by molar-refractivity contribution is -0.123. The number of aromatic nitrogens is 5. The van der Waals surface area contributed by atoms with Gasteiger partial charge >= 0.3 is 0 Å². The number of unbranched alkanes of at least 4 members (excludes halogenated alkanes) is 2. The van der Waals surface area contributed by atoms with Crippen molar-refractivity contribution >= 4 is 35.4 Å². The van der Waals surface area contributed by atoms with Crippen molar-refractivity contribution in [1.82, 2.24) is 35.4 Å². The Kier molecular flexibility index (Phi) is 11.4. The van der Waals surface area contributed by atoms with Crippen molar-refractivity contribution < 1.29 is 4.79 Å². The van der Waals surface area contributed by atoms with Crippen LogP contribution >= 0.6 is 11.8 Å². The first-order valence-corrected chi connectivity index (χ1v) is 15.5. The quantitative estimate of drug-likeness (QED) is 0.189. The second-order valence-electron chi connectivity index (χ2n) is 10.9. The zero-order valence-corrected chi connectivity index (χ0v) is 25.3. The molecule has 3 N–H and O–H groups in total. The molecule has 1 amide bonds. The Balaban J connectivity index is 1.44. The third-order valence-electron chi connectivity index (χ3n) is 7.14. The molecule has 40 heavy (non-hydrogen) atoms. The maximum atomic E-state index is 12.2. The van der Waals surface area contributed by atoms with E-state index in [4.69, 9.17) is 15.0 Å². The number of thioether (sulfide) groups is 1. The highest BCUT2D eigenvalue weighted by Crippen LogP contribution is 2.34. The summed E-state index contributed by atoms with van der Waals surface area (Å²) >= 11 is 1.59. The molecule has 0 bridgehead atoms. The van der Waals surface area contributed by atoms with E-state index in [9.17, 15) is 4.79 Å². The van der Waals surface area contributed by atoms with Gasteiger partial charge in [-0.05, 0) is 90.6 Å². The minimum atomic E-state index is 0.222. The van der Waals surface area contributed by atoms with Gasteiger partial charge in [-0.15, -0.1) is 0 Å². The highest BCUT2D eigenvalue weighted by Gasteiger charge is 2.31. The molecule has 2 aromatic heterocycles. The van der Waals surface area contributed by atoms with Gasteiger partial charge in [0.25, 0.3) is 0 Å². The van der Waals surface area contributed by atoms with Gasteiger partial charge in [0, 0.05) is 43.4 Å². The Morgan fingerprint density at radius 2 is 2.02 bits per heavy atom. The van der Waals surface area contributed by atoms with Crippen LogP contribution in [-0.2, 0) is 11.2 Å². The van der Waals surface area contributed by atoms with E-state index in [0.29, 0.717) is 22.9 Å². The molecule has 2 aliphatic rings. The Morgan fingerprint density at radius 3 is 2.73 bits per heavy atom. The molecule has 2 heterocycles. The number of hydrogen-bond acceptors (Lipinski definition) is 9. The Morgan fingerprint density at radius 1 is 1.18 bits per heavy atom. The minimum absolute atomic E-state index is 0.222. The number of aryl methyl sites for hydroxylation is 1. The SMILES string of the molecule is CC=CCCCCc1cc(Nc2nc(SC3=CCC(NC(=O)C4CC4)CC3)nc(N(CC)CCN(C)C)n2)n[nH]1. The fourth-order valence-electron chi connectivity index (χ4n) is 4.54. The van der Waals surface area contributed by atoms with E-state index in [2.05, 4.69) is 76.8 Å². The highest BCUT2D eigenvalue weighted by molar-refractivity contribution is 8.02. The lowest BCUT2D eigenvalue weighted by Crippen LogP contribution is -2.36. The normalized spacial score (nSPS) is 17.3. The van der Waals surface area contributed by atoms with Gasteiger partial charge in [0.15, 0.2) is 11.0 Å². The van der Waals surface area contributed by atoms with E-state index < -0.39 is 0 Å². The van der Waals surface area contributed by atoms with Crippen LogP contribution in [0.2, 0.25) is 0 Å². The fourth-order valence-corrected chi connectivity index (χ4v) is 5.43. The van der Waals surface area contributed by atoms with Gasteiger partial charge < -0.3 is 20.4 Å². The number of amides is 1. The molecule has 11 heteroatoms. The number of allylic oxidation sites excluding steroid dienone is 3. The first kappa shape index (κ1) is 30.0. The van der Waals surface area contributed by atoms with E-state index in [1.54, 1.807) is 11.8 Å². The molecular weight excluding hydrogens is 522 g/mol. The van der Waals surface area contributed by atoms with Gasteiger partial charge in [0.1, 0.15) is 0 Å². The van der Waals surface area contributed by atoms with E-state index >= 15 is 0 Å². The van der Waals surface area contributed by atoms with Crippen LogP contribution < -0.4 is 15.5 Å². The van der Waals surface area contributed by atoms with Crippen molar-refractivity contribution in [1.29, 1.82) is 0 Å². The summed E-state index contributed by atoms with van der Waals surface area (Å²) in [5.74, 6) is 2.33. The number of nitrogens with one attached hydrogen (secondary N) is 3. The van der Waals surface area contributed by atoms with E-state index in [-0.39, 0.29) is 17.9 Å². The van der Waals surface area contributed by atoms with E-state index in [1.807, 2.05) is 6.07 Å². The summed E-state index contributed by atoms with van der Waals surface area (Å²) in [6.45, 7) is 6.70. The summed E-state index contributed by atoms with van der Waals surface area (Å²) in [5.41, 5.74) is 1.10. The third kappa shape index (κ3) is 9.62. The number of rotatable bonds is 16. The topological polar surface area (TPSA) is 115 Å². The zero-order chi connectivity index (χ0) is 28.3. The molecule has 0 spiro atoms. The molecule has 1 unspecified atom stereocenters. The number of nitrogens with zero attached hydrogens (tertiary/aromatic N) is 6. The van der Waals surface area contributed by atoms with Crippen LogP contribution in [0.4, 0.5) is 17.7 Å². The van der Waals surface area contributed by atoms with Crippen LogP contribution in [0, 0.1) is 5.92 Å².